The molecule has 2 aromatic rings. The second-order valence-electron chi connectivity index (χ2n) is 7.78. The number of aromatic nitrogens is 2. The van der Waals surface area contributed by atoms with Gasteiger partial charge in [-0.3, -0.25) is 4.79 Å². The van der Waals surface area contributed by atoms with E-state index in [4.69, 9.17) is 37.4 Å². The van der Waals surface area contributed by atoms with E-state index in [1.807, 2.05) is 13.0 Å². The van der Waals surface area contributed by atoms with E-state index in [1.165, 1.54) is 0 Å². The molecule has 0 saturated carbocycles. The number of ketones is 1. The zero-order valence-corrected chi connectivity index (χ0v) is 25.1. The zero-order valence-electron chi connectivity index (χ0n) is 21.1. The molecule has 2 saturated heterocycles. The summed E-state index contributed by atoms with van der Waals surface area (Å²) < 4.78 is 18.7. The van der Waals surface area contributed by atoms with Gasteiger partial charge in [-0.1, -0.05) is 45.7 Å². The van der Waals surface area contributed by atoms with Crippen molar-refractivity contribution in [2.75, 3.05) is 74.3 Å². The SMILES string of the molecule is C=C(OCC)c1cc(Cl)cc(N2CCOCC2)n1.O=C(CBr)c1cc(Cl)cc(N2CCOCC2)n1.[B]=NS. The first-order valence-electron chi connectivity index (χ1n) is 11.8. The van der Waals surface area contributed by atoms with E-state index in [2.05, 4.69) is 67.0 Å². The van der Waals surface area contributed by atoms with Crippen LogP contribution in [0.2, 0.25) is 10.0 Å². The molecule has 0 spiro atoms. The predicted molar refractivity (Wildman–Crippen MR) is 161 cm³/mol. The van der Waals surface area contributed by atoms with Crippen LogP contribution >= 0.6 is 51.9 Å². The molecule has 4 heterocycles. The van der Waals surface area contributed by atoms with Crippen LogP contribution in [0.4, 0.5) is 11.6 Å². The van der Waals surface area contributed by atoms with Crippen LogP contribution in [0.15, 0.2) is 35.1 Å². The number of Topliss-reactive ketones (excluding diaryl/α,β-unsaturated/α-hetero) is 1. The van der Waals surface area contributed by atoms with E-state index in [9.17, 15) is 4.79 Å². The molecule has 2 aromatic heterocycles. The summed E-state index contributed by atoms with van der Waals surface area (Å²) in [5.41, 5.74) is 1.08. The molecule has 14 heteroatoms. The summed E-state index contributed by atoms with van der Waals surface area (Å²) in [6, 6.07) is 6.99. The van der Waals surface area contributed by atoms with E-state index in [0.29, 0.717) is 47.0 Å². The first-order valence-corrected chi connectivity index (χ1v) is 14.1. The summed E-state index contributed by atoms with van der Waals surface area (Å²) >= 11 is 18.4. The van der Waals surface area contributed by atoms with Gasteiger partial charge in [0.25, 0.3) is 0 Å². The van der Waals surface area contributed by atoms with Crippen molar-refractivity contribution in [3.05, 3.63) is 52.3 Å². The standard InChI is InChI=1S/C13H17ClN2O2.C11H12BrClN2O2.BHNS/c1-3-18-10(2)12-8-11(14)9-13(15-12)16-4-6-17-7-5-16;12-7-10(16)9-5-8(13)6-11(14-9)15-1-3-17-4-2-15;1-2-3/h8-9H,2-7H2,1H3;5-6H,1-4,7H2;3H. The molecule has 2 fully saturated rings. The molecule has 0 unspecified atom stereocenters. The molecule has 205 valence electrons. The Morgan fingerprint density at radius 1 is 1.03 bits per heavy atom. The topological polar surface area (TPSA) is 89.4 Å². The van der Waals surface area contributed by atoms with Crippen LogP contribution < -0.4 is 9.80 Å². The minimum atomic E-state index is -0.0676. The number of anilines is 2. The number of hydrogen-bond donors (Lipinski definition) is 1. The van der Waals surface area contributed by atoms with Crippen molar-refractivity contribution in [2.45, 2.75) is 6.92 Å². The number of halogens is 3. The normalized spacial score (nSPS) is 14.8. The molecule has 0 aliphatic carbocycles. The van der Waals surface area contributed by atoms with Gasteiger partial charge in [0.15, 0.2) is 5.78 Å². The van der Waals surface area contributed by atoms with E-state index < -0.39 is 0 Å². The van der Waals surface area contributed by atoms with Crippen LogP contribution in [0.1, 0.15) is 23.1 Å². The third kappa shape index (κ3) is 10.8. The molecule has 9 nitrogen and oxygen atoms in total. The number of alkyl halides is 1. The van der Waals surface area contributed by atoms with Gasteiger partial charge in [-0.15, -0.1) is 0 Å². The Morgan fingerprint density at radius 2 is 1.45 bits per heavy atom. The van der Waals surface area contributed by atoms with Gasteiger partial charge < -0.3 is 24.0 Å². The molecule has 0 aromatic carbocycles. The zero-order chi connectivity index (χ0) is 27.9. The number of morpholine rings is 2. The summed E-state index contributed by atoms with van der Waals surface area (Å²) in [5, 5.41) is 1.43. The average molecular weight is 646 g/mol. The fourth-order valence-electron chi connectivity index (χ4n) is 3.48. The third-order valence-electron chi connectivity index (χ3n) is 5.23. The van der Waals surface area contributed by atoms with E-state index >= 15 is 0 Å². The number of nitrogens with zero attached hydrogens (tertiary/aromatic N) is 5. The molecular weight excluding hydrogens is 616 g/mol. The summed E-state index contributed by atoms with van der Waals surface area (Å²) in [7, 11) is 4.34. The number of hydrogen-bond acceptors (Lipinski definition) is 10. The minimum absolute atomic E-state index is 0.0676. The van der Waals surface area contributed by atoms with Gasteiger partial charge in [0, 0.05) is 36.2 Å². The van der Waals surface area contributed by atoms with Crippen molar-refractivity contribution in [1.82, 2.24) is 9.97 Å². The number of carbonyl (C=O) groups is 1. The molecule has 0 atom stereocenters. The molecule has 4 rings (SSSR count). The molecule has 0 amide bonds. The van der Waals surface area contributed by atoms with Gasteiger partial charge in [-0.05, 0) is 31.2 Å². The Hall–Kier alpha value is -1.70. The summed E-state index contributed by atoms with van der Waals surface area (Å²) in [6.07, 6.45) is 0. The Kier molecular flexibility index (Phi) is 15.2. The second-order valence-corrected chi connectivity index (χ2v) is 9.45. The van der Waals surface area contributed by atoms with Crippen molar-refractivity contribution in [2.24, 2.45) is 4.30 Å². The van der Waals surface area contributed by atoms with Gasteiger partial charge in [-0.2, -0.15) is 0 Å². The maximum atomic E-state index is 11.6. The van der Waals surface area contributed by atoms with Crippen molar-refractivity contribution < 1.29 is 19.0 Å². The van der Waals surface area contributed by atoms with Crippen LogP contribution in [0.25, 0.3) is 5.76 Å². The fraction of sp³-hybridized carbons (Fsp3) is 0.458. The van der Waals surface area contributed by atoms with E-state index in [0.717, 1.165) is 51.0 Å². The van der Waals surface area contributed by atoms with Crippen molar-refractivity contribution in [3.63, 3.8) is 0 Å². The average Bonchev–Trinajstić information content (AvgIpc) is 2.94. The first-order chi connectivity index (χ1) is 18.3. The van der Waals surface area contributed by atoms with Crippen LogP contribution in [0, 0.1) is 0 Å². The Labute approximate surface area is 248 Å². The number of pyridine rings is 2. The number of rotatable bonds is 7. The van der Waals surface area contributed by atoms with Crippen LogP contribution in [-0.2, 0) is 14.2 Å². The Morgan fingerprint density at radius 3 is 1.87 bits per heavy atom. The molecule has 2 aliphatic rings. The van der Waals surface area contributed by atoms with E-state index in [-0.39, 0.29) is 11.1 Å². The van der Waals surface area contributed by atoms with Crippen LogP contribution in [0.5, 0.6) is 0 Å². The number of thiol groups is 1. The number of ether oxygens (including phenoxy) is 3. The maximum absolute atomic E-state index is 11.6. The van der Waals surface area contributed by atoms with Gasteiger partial charge >= 0.3 is 24.8 Å². The molecule has 0 bridgehead atoms. The van der Waals surface area contributed by atoms with Gasteiger partial charge in [-0.25, -0.2) is 9.97 Å². The first kappa shape index (κ1) is 32.5. The van der Waals surface area contributed by atoms with Crippen molar-refractivity contribution in [1.29, 1.82) is 0 Å². The fourth-order valence-corrected chi connectivity index (χ4v) is 4.17. The van der Waals surface area contributed by atoms with E-state index in [1.54, 1.807) is 18.2 Å². The van der Waals surface area contributed by atoms with Crippen LogP contribution in [0.3, 0.4) is 0 Å². The summed E-state index contributed by atoms with van der Waals surface area (Å²) in [6.45, 7) is 12.3. The van der Waals surface area contributed by atoms with Crippen molar-refractivity contribution >= 4 is 82.8 Å². The molecule has 1 radical (unpaired) electrons. The van der Waals surface area contributed by atoms with Crippen LogP contribution in [-0.4, -0.2) is 87.9 Å². The van der Waals surface area contributed by atoms with Gasteiger partial charge in [0.2, 0.25) is 0 Å². The molecular formula is C24H30BBrCl2N5O4S. The Balaban J connectivity index is 0.000000242. The summed E-state index contributed by atoms with van der Waals surface area (Å²) in [5.74, 6) is 2.07. The van der Waals surface area contributed by atoms with Crippen molar-refractivity contribution in [3.8, 4) is 0 Å². The quantitative estimate of drug-likeness (QED) is 0.149. The predicted octanol–water partition coefficient (Wildman–Crippen LogP) is 4.91. The molecule has 2 aliphatic heterocycles. The van der Waals surface area contributed by atoms with Gasteiger partial charge in [0.05, 0.1) is 38.4 Å². The second kappa shape index (κ2) is 17.8. The number of carbonyl (C=O) groups excluding carboxylic acids is 1. The van der Waals surface area contributed by atoms with Gasteiger partial charge in [0.1, 0.15) is 28.8 Å². The monoisotopic (exact) mass is 644 g/mol. The summed E-state index contributed by atoms with van der Waals surface area (Å²) in [4.78, 5) is 24.7. The Bertz CT molecular complexity index is 1080. The molecule has 0 N–H and O–H groups in total. The third-order valence-corrected chi connectivity index (χ3v) is 6.18. The molecule has 38 heavy (non-hydrogen) atoms.